The lowest BCUT2D eigenvalue weighted by Crippen LogP contribution is -2.54. The summed E-state index contributed by atoms with van der Waals surface area (Å²) in [6, 6.07) is 12.3. The molecule has 1 saturated carbocycles. The predicted molar refractivity (Wildman–Crippen MR) is 113 cm³/mol. The van der Waals surface area contributed by atoms with E-state index in [1.807, 2.05) is 29.2 Å². The lowest BCUT2D eigenvalue weighted by molar-refractivity contribution is -0.143. The average molecular weight is 452 g/mol. The third-order valence-electron chi connectivity index (χ3n) is 6.49. The first kappa shape index (κ1) is 22.0. The monoisotopic (exact) mass is 451 g/mol. The molecule has 31 heavy (non-hydrogen) atoms. The highest BCUT2D eigenvalue weighted by atomic mass is 35.5. The van der Waals surface area contributed by atoms with Crippen LogP contribution >= 0.6 is 11.6 Å². The molecule has 0 N–H and O–H groups in total. The number of amides is 1. The summed E-state index contributed by atoms with van der Waals surface area (Å²) < 4.78 is 43.9. The highest BCUT2D eigenvalue weighted by molar-refractivity contribution is 6.30. The fourth-order valence-corrected chi connectivity index (χ4v) is 4.69. The summed E-state index contributed by atoms with van der Waals surface area (Å²) in [5, 5.41) is 0.657. The van der Waals surface area contributed by atoms with Crippen LogP contribution in [-0.4, -0.2) is 30.5 Å². The lowest BCUT2D eigenvalue weighted by atomic mass is 9.63. The van der Waals surface area contributed by atoms with Gasteiger partial charge in [0.1, 0.15) is 5.75 Å². The Balaban J connectivity index is 1.38. The van der Waals surface area contributed by atoms with E-state index in [1.165, 1.54) is 12.1 Å². The second kappa shape index (κ2) is 8.73. The molecule has 0 aromatic heterocycles. The van der Waals surface area contributed by atoms with Gasteiger partial charge >= 0.3 is 6.18 Å². The Bertz CT molecular complexity index is 908. The fraction of sp³-hybridized carbons (Fsp3) is 0.458. The molecule has 2 fully saturated rings. The molecule has 1 atom stereocenters. The third kappa shape index (κ3) is 4.69. The fourth-order valence-electron chi connectivity index (χ4n) is 4.57. The number of halogens is 4. The van der Waals surface area contributed by atoms with E-state index < -0.39 is 17.2 Å². The molecule has 4 rings (SSSR count). The van der Waals surface area contributed by atoms with Gasteiger partial charge in [0.15, 0.2) is 0 Å². The zero-order chi connectivity index (χ0) is 22.1. The summed E-state index contributed by atoms with van der Waals surface area (Å²) in [6.07, 6.45) is 0.183. The number of hydrogen-bond donors (Lipinski definition) is 0. The van der Waals surface area contributed by atoms with Gasteiger partial charge in [0.2, 0.25) is 5.91 Å². The first-order chi connectivity index (χ1) is 14.8. The number of hydrogen-bond acceptors (Lipinski definition) is 2. The number of benzene rings is 2. The summed E-state index contributed by atoms with van der Waals surface area (Å²) in [4.78, 5) is 15.4. The molecular formula is C24H25ClF3NO2. The van der Waals surface area contributed by atoms with Gasteiger partial charge in [-0.25, -0.2) is 0 Å². The first-order valence-electron chi connectivity index (χ1n) is 10.6. The van der Waals surface area contributed by atoms with Crippen LogP contribution in [-0.2, 0) is 16.4 Å². The van der Waals surface area contributed by atoms with Crippen molar-refractivity contribution in [3.8, 4) is 5.75 Å². The van der Waals surface area contributed by atoms with Gasteiger partial charge in [-0.2, -0.15) is 13.2 Å². The molecule has 1 heterocycles. The van der Waals surface area contributed by atoms with E-state index in [4.69, 9.17) is 16.3 Å². The van der Waals surface area contributed by atoms with Crippen LogP contribution in [0.4, 0.5) is 13.2 Å². The molecule has 166 valence electrons. The molecule has 2 aromatic rings. The molecule has 1 saturated heterocycles. The molecule has 0 spiro atoms. The van der Waals surface area contributed by atoms with E-state index in [0.29, 0.717) is 23.9 Å². The quantitative estimate of drug-likeness (QED) is 0.550. The van der Waals surface area contributed by atoms with Gasteiger partial charge in [0.25, 0.3) is 0 Å². The van der Waals surface area contributed by atoms with Crippen LogP contribution in [0.5, 0.6) is 5.75 Å². The molecule has 1 aliphatic carbocycles. The summed E-state index contributed by atoms with van der Waals surface area (Å²) in [5.41, 5.74) is -0.126. The summed E-state index contributed by atoms with van der Waals surface area (Å²) in [5.74, 6) is 0.732. The molecule has 0 bridgehead atoms. The Morgan fingerprint density at radius 2 is 1.74 bits per heavy atom. The van der Waals surface area contributed by atoms with Crippen LogP contribution in [0.15, 0.2) is 48.5 Å². The third-order valence-corrected chi connectivity index (χ3v) is 6.74. The van der Waals surface area contributed by atoms with E-state index in [2.05, 4.69) is 0 Å². The minimum absolute atomic E-state index is 0.155. The van der Waals surface area contributed by atoms with Crippen molar-refractivity contribution in [3.05, 3.63) is 64.7 Å². The highest BCUT2D eigenvalue weighted by Gasteiger charge is 2.48. The number of likely N-dealkylation sites (tertiary alicyclic amines) is 1. The van der Waals surface area contributed by atoms with Crippen LogP contribution in [0.3, 0.4) is 0 Å². The Kier molecular flexibility index (Phi) is 6.20. The second-order valence-electron chi connectivity index (χ2n) is 8.54. The van der Waals surface area contributed by atoms with Crippen LogP contribution < -0.4 is 4.74 Å². The molecule has 7 heteroatoms. The van der Waals surface area contributed by atoms with Gasteiger partial charge in [0, 0.05) is 24.0 Å². The second-order valence-corrected chi connectivity index (χ2v) is 8.97. The number of carbonyl (C=O) groups excluding carboxylic acids is 1. The molecule has 2 aromatic carbocycles. The molecule has 2 aliphatic rings. The van der Waals surface area contributed by atoms with Crippen molar-refractivity contribution in [1.82, 2.24) is 4.90 Å². The number of rotatable bonds is 5. The van der Waals surface area contributed by atoms with Gasteiger partial charge in [-0.05, 0) is 67.6 Å². The van der Waals surface area contributed by atoms with Crippen LogP contribution in [0.25, 0.3) is 0 Å². The molecule has 1 aliphatic heterocycles. The van der Waals surface area contributed by atoms with E-state index in [9.17, 15) is 18.0 Å². The topological polar surface area (TPSA) is 29.5 Å². The Labute approximate surface area is 185 Å². The van der Waals surface area contributed by atoms with Gasteiger partial charge in [-0.3, -0.25) is 4.79 Å². The van der Waals surface area contributed by atoms with Crippen LogP contribution in [0, 0.1) is 5.92 Å². The van der Waals surface area contributed by atoms with Crippen LogP contribution in [0.1, 0.15) is 43.2 Å². The van der Waals surface area contributed by atoms with Crippen molar-refractivity contribution in [1.29, 1.82) is 0 Å². The molecule has 1 amide bonds. The van der Waals surface area contributed by atoms with Crippen molar-refractivity contribution in [2.75, 3.05) is 19.7 Å². The Hall–Kier alpha value is -2.21. The van der Waals surface area contributed by atoms with Crippen molar-refractivity contribution in [2.45, 2.75) is 43.7 Å². The minimum atomic E-state index is -4.36. The smallest absolute Gasteiger partial charge is 0.416 e. The largest absolute Gasteiger partial charge is 0.493 e. The maximum absolute atomic E-state index is 13.5. The minimum Gasteiger partial charge on any atom is -0.493 e. The zero-order valence-electron chi connectivity index (χ0n) is 17.1. The zero-order valence-corrected chi connectivity index (χ0v) is 17.9. The average Bonchev–Trinajstić information content (AvgIpc) is 2.72. The number of carbonyl (C=O) groups is 1. The van der Waals surface area contributed by atoms with E-state index in [-0.39, 0.29) is 11.8 Å². The lowest BCUT2D eigenvalue weighted by Gasteiger charge is -2.46. The van der Waals surface area contributed by atoms with Gasteiger partial charge < -0.3 is 9.64 Å². The summed E-state index contributed by atoms with van der Waals surface area (Å²) in [7, 11) is 0. The van der Waals surface area contributed by atoms with Crippen molar-refractivity contribution in [3.63, 3.8) is 0 Å². The Morgan fingerprint density at radius 3 is 2.32 bits per heavy atom. The number of ether oxygens (including phenoxy) is 1. The predicted octanol–water partition coefficient (Wildman–Crippen LogP) is 6.10. The standard InChI is InChI=1S/C24H25ClF3NO2/c25-20-8-4-18(5-9-20)23(12-2-13-23)22(30)29-14-1-3-17(15-29)16-31-21-10-6-19(7-11-21)24(26,27)28/h4-11,17H,1-3,12-16H2. The van der Waals surface area contributed by atoms with Crippen molar-refractivity contribution in [2.24, 2.45) is 5.92 Å². The van der Waals surface area contributed by atoms with E-state index in [1.54, 1.807) is 0 Å². The van der Waals surface area contributed by atoms with E-state index >= 15 is 0 Å². The summed E-state index contributed by atoms with van der Waals surface area (Å²) in [6.45, 7) is 1.71. The Morgan fingerprint density at radius 1 is 1.06 bits per heavy atom. The number of piperidine rings is 1. The van der Waals surface area contributed by atoms with Crippen LogP contribution in [0.2, 0.25) is 5.02 Å². The normalized spacial score (nSPS) is 20.8. The van der Waals surface area contributed by atoms with Crippen molar-refractivity contribution >= 4 is 17.5 Å². The molecule has 3 nitrogen and oxygen atoms in total. The van der Waals surface area contributed by atoms with Gasteiger partial charge in [-0.15, -0.1) is 0 Å². The highest BCUT2D eigenvalue weighted by Crippen LogP contribution is 2.46. The maximum atomic E-state index is 13.5. The van der Waals surface area contributed by atoms with Crippen molar-refractivity contribution < 1.29 is 22.7 Å². The van der Waals surface area contributed by atoms with Gasteiger partial charge in [-0.1, -0.05) is 30.2 Å². The van der Waals surface area contributed by atoms with E-state index in [0.717, 1.165) is 56.3 Å². The summed E-state index contributed by atoms with van der Waals surface area (Å²) >= 11 is 6.02. The maximum Gasteiger partial charge on any atom is 0.416 e. The van der Waals surface area contributed by atoms with Gasteiger partial charge in [0.05, 0.1) is 17.6 Å². The first-order valence-corrected chi connectivity index (χ1v) is 11.0. The SMILES string of the molecule is O=C(N1CCCC(COc2ccc(C(F)(F)F)cc2)C1)C1(c2ccc(Cl)cc2)CCC1. The molecule has 0 radical (unpaired) electrons. The number of alkyl halides is 3. The number of nitrogens with zero attached hydrogens (tertiary/aromatic N) is 1. The molecule has 1 unspecified atom stereocenters. The molecular weight excluding hydrogens is 427 g/mol.